The smallest absolute Gasteiger partial charge is 0.104 e. The third kappa shape index (κ3) is 2.59. The summed E-state index contributed by atoms with van der Waals surface area (Å²) in [5.41, 5.74) is 4.13. The molecule has 2 heteroatoms. The molecule has 0 heterocycles. The normalized spacial score (nSPS) is 12.5. The molecule has 0 aliphatic carbocycles. The van der Waals surface area contributed by atoms with Gasteiger partial charge < -0.3 is 5.11 Å². The summed E-state index contributed by atoms with van der Waals surface area (Å²) in [5, 5.41) is 10.4. The minimum Gasteiger partial charge on any atom is -0.384 e. The number of halogens is 1. The van der Waals surface area contributed by atoms with Crippen LogP contribution in [0.4, 0.5) is 0 Å². The van der Waals surface area contributed by atoms with Crippen LogP contribution in [-0.2, 0) is 0 Å². The van der Waals surface area contributed by atoms with Crippen LogP contribution in [0.5, 0.6) is 0 Å². The van der Waals surface area contributed by atoms with Crippen LogP contribution in [0.3, 0.4) is 0 Å². The van der Waals surface area contributed by atoms with E-state index in [1.54, 1.807) is 0 Å². The second-order valence-electron chi connectivity index (χ2n) is 4.27. The van der Waals surface area contributed by atoms with Crippen molar-refractivity contribution in [2.45, 2.75) is 20.0 Å². The summed E-state index contributed by atoms with van der Waals surface area (Å²) in [6, 6.07) is 13.9. The van der Waals surface area contributed by atoms with Gasteiger partial charge in [0.2, 0.25) is 0 Å². The fourth-order valence-corrected chi connectivity index (χ4v) is 2.32. The molecule has 0 fully saturated rings. The Labute approximate surface area is 110 Å². The van der Waals surface area contributed by atoms with Gasteiger partial charge in [0.25, 0.3) is 0 Å². The first-order valence-corrected chi connectivity index (χ1v) is 6.38. The van der Waals surface area contributed by atoms with E-state index in [0.717, 1.165) is 26.7 Å². The lowest BCUT2D eigenvalue weighted by Crippen LogP contribution is -2.02. The van der Waals surface area contributed by atoms with Crippen molar-refractivity contribution in [3.05, 3.63) is 69.2 Å². The summed E-state index contributed by atoms with van der Waals surface area (Å²) in [5.74, 6) is 0. The highest BCUT2D eigenvalue weighted by Crippen LogP contribution is 2.29. The van der Waals surface area contributed by atoms with Gasteiger partial charge in [-0.1, -0.05) is 57.9 Å². The number of benzene rings is 2. The van der Waals surface area contributed by atoms with Crippen molar-refractivity contribution in [2.24, 2.45) is 0 Å². The summed E-state index contributed by atoms with van der Waals surface area (Å²) in [6.07, 6.45) is -0.563. The molecule has 0 aromatic heterocycles. The third-order valence-corrected chi connectivity index (χ3v) is 3.82. The lowest BCUT2D eigenvalue weighted by atomic mass is 9.97. The maximum atomic E-state index is 10.4. The van der Waals surface area contributed by atoms with Crippen LogP contribution >= 0.6 is 15.9 Å². The summed E-state index contributed by atoms with van der Waals surface area (Å²) >= 11 is 3.49. The first-order chi connectivity index (χ1) is 8.09. The maximum Gasteiger partial charge on any atom is 0.104 e. The molecule has 1 N–H and O–H groups in total. The Bertz CT molecular complexity index is 534. The van der Waals surface area contributed by atoms with Gasteiger partial charge in [-0.05, 0) is 36.6 Å². The van der Waals surface area contributed by atoms with E-state index < -0.39 is 6.10 Å². The molecule has 2 aromatic rings. The molecule has 0 spiro atoms. The Hall–Kier alpha value is -1.12. The molecule has 1 unspecified atom stereocenters. The van der Waals surface area contributed by atoms with Crippen LogP contribution in [0.15, 0.2) is 46.9 Å². The van der Waals surface area contributed by atoms with Gasteiger partial charge in [0, 0.05) is 4.47 Å². The van der Waals surface area contributed by atoms with Crippen LogP contribution in [0.2, 0.25) is 0 Å². The molecule has 88 valence electrons. The van der Waals surface area contributed by atoms with Crippen LogP contribution < -0.4 is 0 Å². The van der Waals surface area contributed by atoms with E-state index in [2.05, 4.69) is 15.9 Å². The largest absolute Gasteiger partial charge is 0.384 e. The monoisotopic (exact) mass is 290 g/mol. The van der Waals surface area contributed by atoms with Gasteiger partial charge >= 0.3 is 0 Å². The third-order valence-electron chi connectivity index (χ3n) is 2.96. The predicted molar refractivity (Wildman–Crippen MR) is 74.1 cm³/mol. The van der Waals surface area contributed by atoms with E-state index in [1.807, 2.05) is 56.3 Å². The average molecular weight is 291 g/mol. The molecule has 2 aromatic carbocycles. The lowest BCUT2D eigenvalue weighted by molar-refractivity contribution is 0.219. The average Bonchev–Trinajstić information content (AvgIpc) is 2.32. The lowest BCUT2D eigenvalue weighted by Gasteiger charge is -2.15. The van der Waals surface area contributed by atoms with Crippen LogP contribution in [0.25, 0.3) is 0 Å². The molecular formula is C15H15BrO. The van der Waals surface area contributed by atoms with Crippen molar-refractivity contribution in [1.82, 2.24) is 0 Å². The van der Waals surface area contributed by atoms with Crippen LogP contribution in [0.1, 0.15) is 28.4 Å². The zero-order chi connectivity index (χ0) is 12.4. The predicted octanol–water partition coefficient (Wildman–Crippen LogP) is 4.15. The molecule has 0 aliphatic rings. The van der Waals surface area contributed by atoms with E-state index in [0.29, 0.717) is 0 Å². The fraction of sp³-hybridized carbons (Fsp3) is 0.200. The van der Waals surface area contributed by atoms with Crippen molar-refractivity contribution in [2.75, 3.05) is 0 Å². The molecule has 2 rings (SSSR count). The minimum atomic E-state index is -0.563. The highest BCUT2D eigenvalue weighted by atomic mass is 79.9. The number of aryl methyl sites for hydroxylation is 1. The quantitative estimate of drug-likeness (QED) is 0.881. The minimum absolute atomic E-state index is 0.563. The van der Waals surface area contributed by atoms with E-state index in [4.69, 9.17) is 0 Å². The molecule has 0 radical (unpaired) electrons. The summed E-state index contributed by atoms with van der Waals surface area (Å²) < 4.78 is 1.03. The van der Waals surface area contributed by atoms with Crippen molar-refractivity contribution in [3.63, 3.8) is 0 Å². The second kappa shape index (κ2) is 5.03. The number of aliphatic hydroxyl groups is 1. The summed E-state index contributed by atoms with van der Waals surface area (Å²) in [4.78, 5) is 0. The van der Waals surface area contributed by atoms with Gasteiger partial charge in [-0.25, -0.2) is 0 Å². The van der Waals surface area contributed by atoms with Crippen molar-refractivity contribution < 1.29 is 5.11 Å². The number of hydrogen-bond donors (Lipinski definition) is 1. The Kier molecular flexibility index (Phi) is 3.65. The first kappa shape index (κ1) is 12.3. The molecule has 0 aliphatic heterocycles. The molecule has 0 saturated carbocycles. The number of hydrogen-bond acceptors (Lipinski definition) is 1. The van der Waals surface area contributed by atoms with Gasteiger partial charge in [-0.2, -0.15) is 0 Å². The maximum absolute atomic E-state index is 10.4. The Morgan fingerprint density at radius 1 is 1.06 bits per heavy atom. The topological polar surface area (TPSA) is 20.2 Å². The standard InChI is InChI=1S/C15H15BrO/c1-10-5-3-6-12(9-10)15(17)13-7-4-8-14(16)11(13)2/h3-9,15,17H,1-2H3. The van der Waals surface area contributed by atoms with Gasteiger partial charge in [-0.3, -0.25) is 0 Å². The summed E-state index contributed by atoms with van der Waals surface area (Å²) in [6.45, 7) is 4.04. The summed E-state index contributed by atoms with van der Waals surface area (Å²) in [7, 11) is 0. The molecular weight excluding hydrogens is 276 g/mol. The molecule has 0 saturated heterocycles. The second-order valence-corrected chi connectivity index (χ2v) is 5.13. The zero-order valence-corrected chi connectivity index (χ0v) is 11.5. The van der Waals surface area contributed by atoms with Gasteiger partial charge in [0.15, 0.2) is 0 Å². The highest BCUT2D eigenvalue weighted by molar-refractivity contribution is 9.10. The highest BCUT2D eigenvalue weighted by Gasteiger charge is 2.13. The zero-order valence-electron chi connectivity index (χ0n) is 9.94. The van der Waals surface area contributed by atoms with Gasteiger partial charge in [0.1, 0.15) is 6.10 Å². The number of aliphatic hydroxyl groups excluding tert-OH is 1. The van der Waals surface area contributed by atoms with Gasteiger partial charge in [0.05, 0.1) is 0 Å². The van der Waals surface area contributed by atoms with Crippen molar-refractivity contribution >= 4 is 15.9 Å². The molecule has 0 amide bonds. The van der Waals surface area contributed by atoms with E-state index in [1.165, 1.54) is 0 Å². The van der Waals surface area contributed by atoms with E-state index in [-0.39, 0.29) is 0 Å². The Balaban J connectivity index is 2.44. The molecule has 1 atom stereocenters. The SMILES string of the molecule is Cc1cccc(C(O)c2cccc(Br)c2C)c1. The van der Waals surface area contributed by atoms with Crippen LogP contribution in [0, 0.1) is 13.8 Å². The van der Waals surface area contributed by atoms with E-state index >= 15 is 0 Å². The van der Waals surface area contributed by atoms with Crippen LogP contribution in [-0.4, -0.2) is 5.11 Å². The molecule has 1 nitrogen and oxygen atoms in total. The van der Waals surface area contributed by atoms with Gasteiger partial charge in [-0.15, -0.1) is 0 Å². The van der Waals surface area contributed by atoms with Crippen molar-refractivity contribution in [1.29, 1.82) is 0 Å². The van der Waals surface area contributed by atoms with Crippen molar-refractivity contribution in [3.8, 4) is 0 Å². The van der Waals surface area contributed by atoms with E-state index in [9.17, 15) is 5.11 Å². The number of rotatable bonds is 2. The molecule has 17 heavy (non-hydrogen) atoms. The first-order valence-electron chi connectivity index (χ1n) is 5.59. The Morgan fingerprint density at radius 2 is 1.76 bits per heavy atom. The fourth-order valence-electron chi connectivity index (χ4n) is 1.94. The molecule has 0 bridgehead atoms. The Morgan fingerprint density at radius 3 is 2.47 bits per heavy atom.